The number of hydrogen-bond acceptors (Lipinski definition) is 2. The van der Waals surface area contributed by atoms with Crippen molar-refractivity contribution in [2.24, 2.45) is 16.1 Å². The van der Waals surface area contributed by atoms with Gasteiger partial charge in [0, 0.05) is 13.1 Å². The highest BCUT2D eigenvalue weighted by molar-refractivity contribution is 4.95. The highest BCUT2D eigenvalue weighted by atomic mass is 16.3. The summed E-state index contributed by atoms with van der Waals surface area (Å²) in [4.78, 5) is 10.3. The van der Waals surface area contributed by atoms with Gasteiger partial charge in [0.05, 0.1) is 5.29 Å². The molecule has 11 heavy (non-hydrogen) atoms. The fraction of sp³-hybridized carbons (Fsp3) is 1.00. The molecule has 0 bridgehead atoms. The minimum absolute atomic E-state index is 0.195. The lowest BCUT2D eigenvalue weighted by molar-refractivity contribution is 0.184. The van der Waals surface area contributed by atoms with Crippen LogP contribution in [0.4, 0.5) is 0 Å². The van der Waals surface area contributed by atoms with Crippen LogP contribution in [0, 0.1) is 15.7 Å². The summed E-state index contributed by atoms with van der Waals surface area (Å²) >= 11 is 0. The van der Waals surface area contributed by atoms with Gasteiger partial charge >= 0.3 is 0 Å². The topological polar surface area (TPSA) is 32.7 Å². The Morgan fingerprint density at radius 3 is 1.64 bits per heavy atom. The van der Waals surface area contributed by atoms with E-state index in [1.54, 1.807) is 5.01 Å². The first-order chi connectivity index (χ1) is 4.89. The summed E-state index contributed by atoms with van der Waals surface area (Å²) in [5, 5.41) is 4.57. The van der Waals surface area contributed by atoms with Gasteiger partial charge in [0.1, 0.15) is 0 Å². The lowest BCUT2D eigenvalue weighted by Crippen LogP contribution is -2.30. The van der Waals surface area contributed by atoms with E-state index in [2.05, 4.69) is 33.0 Å². The molecule has 1 rings (SSSR count). The maximum Gasteiger partial charge on any atom is 0.0524 e. The zero-order chi connectivity index (χ0) is 8.70. The molecule has 0 aromatic carbocycles. The van der Waals surface area contributed by atoms with E-state index in [9.17, 15) is 4.91 Å². The van der Waals surface area contributed by atoms with Gasteiger partial charge in [-0.15, -0.1) is 4.91 Å². The van der Waals surface area contributed by atoms with Gasteiger partial charge in [-0.3, -0.25) is 5.01 Å². The molecule has 0 spiro atoms. The monoisotopic (exact) mass is 156 g/mol. The standard InChI is InChI=1S/C8H16N2O/c1-7(2)5-10(9-11)6-8(7,3)4/h5-6H2,1-4H3. The largest absolute Gasteiger partial charge is 0.260 e. The molecule has 0 radical (unpaired) electrons. The maximum absolute atomic E-state index is 10.3. The van der Waals surface area contributed by atoms with Crippen molar-refractivity contribution in [3.8, 4) is 0 Å². The lowest BCUT2D eigenvalue weighted by atomic mass is 9.71. The smallest absolute Gasteiger partial charge is 0.0524 e. The van der Waals surface area contributed by atoms with Crippen LogP contribution in [-0.4, -0.2) is 18.1 Å². The molecular formula is C8H16N2O. The molecule has 1 aliphatic rings. The molecule has 0 aliphatic carbocycles. The molecular weight excluding hydrogens is 140 g/mol. The second-order valence-electron chi connectivity index (χ2n) is 4.67. The Balaban J connectivity index is 2.79. The van der Waals surface area contributed by atoms with Crippen molar-refractivity contribution < 1.29 is 0 Å². The first-order valence-corrected chi connectivity index (χ1v) is 3.97. The molecule has 0 unspecified atom stereocenters. The second-order valence-corrected chi connectivity index (χ2v) is 4.67. The highest BCUT2D eigenvalue weighted by Gasteiger charge is 2.45. The van der Waals surface area contributed by atoms with Crippen LogP contribution in [0.1, 0.15) is 27.7 Å². The predicted molar refractivity (Wildman–Crippen MR) is 44.9 cm³/mol. The van der Waals surface area contributed by atoms with Crippen molar-refractivity contribution in [1.82, 2.24) is 5.01 Å². The van der Waals surface area contributed by atoms with Crippen molar-refractivity contribution in [3.05, 3.63) is 4.91 Å². The number of hydrogen-bond donors (Lipinski definition) is 0. The molecule has 1 saturated heterocycles. The Kier molecular flexibility index (Phi) is 1.69. The molecule has 0 amide bonds. The summed E-state index contributed by atoms with van der Waals surface area (Å²) in [6.07, 6.45) is 0. The minimum Gasteiger partial charge on any atom is -0.260 e. The van der Waals surface area contributed by atoms with E-state index in [4.69, 9.17) is 0 Å². The molecule has 3 nitrogen and oxygen atoms in total. The Morgan fingerprint density at radius 1 is 1.09 bits per heavy atom. The molecule has 0 atom stereocenters. The van der Waals surface area contributed by atoms with Crippen LogP contribution in [0.25, 0.3) is 0 Å². The first kappa shape index (κ1) is 8.50. The Bertz CT molecular complexity index is 159. The van der Waals surface area contributed by atoms with Gasteiger partial charge in [-0.2, -0.15) is 0 Å². The van der Waals surface area contributed by atoms with E-state index in [-0.39, 0.29) is 10.8 Å². The van der Waals surface area contributed by atoms with Gasteiger partial charge in [-0.05, 0) is 10.8 Å². The average Bonchev–Trinajstić information content (AvgIpc) is 2.03. The van der Waals surface area contributed by atoms with Crippen molar-refractivity contribution in [3.63, 3.8) is 0 Å². The van der Waals surface area contributed by atoms with Crippen LogP contribution in [0.2, 0.25) is 0 Å². The van der Waals surface area contributed by atoms with Crippen molar-refractivity contribution in [2.75, 3.05) is 13.1 Å². The van der Waals surface area contributed by atoms with Crippen molar-refractivity contribution in [1.29, 1.82) is 0 Å². The summed E-state index contributed by atoms with van der Waals surface area (Å²) in [6.45, 7) is 10.3. The van der Waals surface area contributed by atoms with E-state index in [1.807, 2.05) is 0 Å². The van der Waals surface area contributed by atoms with Gasteiger partial charge in [-0.25, -0.2) is 0 Å². The Labute approximate surface area is 67.7 Å². The zero-order valence-corrected chi connectivity index (χ0v) is 7.72. The Morgan fingerprint density at radius 2 is 1.45 bits per heavy atom. The molecule has 1 aliphatic heterocycles. The summed E-state index contributed by atoms with van der Waals surface area (Å²) in [6, 6.07) is 0. The summed E-state index contributed by atoms with van der Waals surface area (Å²) in [7, 11) is 0. The van der Waals surface area contributed by atoms with Crippen LogP contribution in [0.3, 0.4) is 0 Å². The number of nitrogens with zero attached hydrogens (tertiary/aromatic N) is 2. The molecule has 0 aromatic heterocycles. The van der Waals surface area contributed by atoms with Gasteiger partial charge in [0.15, 0.2) is 0 Å². The first-order valence-electron chi connectivity index (χ1n) is 3.97. The van der Waals surface area contributed by atoms with Crippen LogP contribution < -0.4 is 0 Å². The van der Waals surface area contributed by atoms with Crippen molar-refractivity contribution in [2.45, 2.75) is 27.7 Å². The maximum atomic E-state index is 10.3. The second kappa shape index (κ2) is 2.19. The van der Waals surface area contributed by atoms with Crippen LogP contribution in [0.15, 0.2) is 5.29 Å². The predicted octanol–water partition coefficient (Wildman–Crippen LogP) is 2.04. The third kappa shape index (κ3) is 1.24. The van der Waals surface area contributed by atoms with Crippen LogP contribution in [0.5, 0.6) is 0 Å². The van der Waals surface area contributed by atoms with E-state index in [0.717, 1.165) is 13.1 Å². The summed E-state index contributed by atoms with van der Waals surface area (Å²) in [5.41, 5.74) is 0.391. The fourth-order valence-corrected chi connectivity index (χ4v) is 1.45. The molecule has 0 aromatic rings. The number of rotatable bonds is 1. The normalized spacial score (nSPS) is 27.1. The summed E-state index contributed by atoms with van der Waals surface area (Å²) < 4.78 is 0. The molecule has 3 heteroatoms. The third-order valence-electron chi connectivity index (χ3n) is 3.10. The minimum atomic E-state index is 0.195. The Hall–Kier alpha value is -0.600. The van der Waals surface area contributed by atoms with E-state index in [0.29, 0.717) is 0 Å². The average molecular weight is 156 g/mol. The van der Waals surface area contributed by atoms with E-state index >= 15 is 0 Å². The fourth-order valence-electron chi connectivity index (χ4n) is 1.45. The van der Waals surface area contributed by atoms with Gasteiger partial charge < -0.3 is 0 Å². The highest BCUT2D eigenvalue weighted by Crippen LogP contribution is 2.44. The molecule has 1 heterocycles. The van der Waals surface area contributed by atoms with Crippen molar-refractivity contribution >= 4 is 0 Å². The third-order valence-corrected chi connectivity index (χ3v) is 3.10. The lowest BCUT2D eigenvalue weighted by Gasteiger charge is -2.32. The van der Waals surface area contributed by atoms with Crippen LogP contribution >= 0.6 is 0 Å². The molecule has 64 valence electrons. The van der Waals surface area contributed by atoms with Crippen LogP contribution in [-0.2, 0) is 0 Å². The summed E-state index contributed by atoms with van der Waals surface area (Å²) in [5.74, 6) is 0. The van der Waals surface area contributed by atoms with Gasteiger partial charge in [0.2, 0.25) is 0 Å². The zero-order valence-electron chi connectivity index (χ0n) is 7.72. The SMILES string of the molecule is CC1(C)CN(N=O)CC1(C)C. The quantitative estimate of drug-likeness (QED) is 0.544. The molecule has 0 saturated carbocycles. The van der Waals surface area contributed by atoms with E-state index in [1.165, 1.54) is 0 Å². The van der Waals surface area contributed by atoms with Gasteiger partial charge in [0.25, 0.3) is 0 Å². The number of nitroso groups, excluding NO2 is 1. The van der Waals surface area contributed by atoms with Gasteiger partial charge in [-0.1, -0.05) is 27.7 Å². The molecule has 0 N–H and O–H groups in total. The molecule has 1 fully saturated rings. The van der Waals surface area contributed by atoms with E-state index < -0.39 is 0 Å².